The normalized spacial score (nSPS) is 30.6. The number of alkyl halides is 3. The van der Waals surface area contributed by atoms with Crippen molar-refractivity contribution in [1.82, 2.24) is 10.2 Å². The van der Waals surface area contributed by atoms with Crippen LogP contribution in [-0.4, -0.2) is 58.8 Å². The van der Waals surface area contributed by atoms with Gasteiger partial charge in [0.1, 0.15) is 0 Å². The number of carboxylic acids is 1. The fourth-order valence-electron chi connectivity index (χ4n) is 2.47. The molecule has 2 aliphatic rings. The Balaban J connectivity index is 1.99. The Bertz CT molecular complexity index is 399. The maximum absolute atomic E-state index is 12.8. The van der Waals surface area contributed by atoms with E-state index in [2.05, 4.69) is 5.32 Å². The van der Waals surface area contributed by atoms with Crippen molar-refractivity contribution < 1.29 is 27.9 Å². The molecule has 0 aromatic carbocycles. The number of halogens is 3. The van der Waals surface area contributed by atoms with E-state index < -0.39 is 43.1 Å². The fraction of sp³-hybridized carbons (Fsp3) is 0.818. The van der Waals surface area contributed by atoms with Gasteiger partial charge in [-0.2, -0.15) is 24.9 Å². The van der Waals surface area contributed by atoms with E-state index in [1.54, 1.807) is 11.8 Å². The van der Waals surface area contributed by atoms with Crippen LogP contribution in [-0.2, 0) is 4.79 Å². The van der Waals surface area contributed by atoms with E-state index in [9.17, 15) is 22.8 Å². The Morgan fingerprint density at radius 3 is 2.45 bits per heavy atom. The molecule has 0 spiro atoms. The van der Waals surface area contributed by atoms with Crippen LogP contribution in [0.5, 0.6) is 0 Å². The highest BCUT2D eigenvalue weighted by Gasteiger charge is 2.53. The number of rotatable bonds is 2. The number of aliphatic carboxylic acids is 1. The number of nitrogens with one attached hydrogen (secondary N) is 1. The van der Waals surface area contributed by atoms with Gasteiger partial charge in [-0.3, -0.25) is 4.79 Å². The predicted molar refractivity (Wildman–Crippen MR) is 66.5 cm³/mol. The van der Waals surface area contributed by atoms with Crippen LogP contribution in [0.4, 0.5) is 18.0 Å². The molecule has 2 aliphatic heterocycles. The molecular formula is C11H15F3N2O3S. The lowest BCUT2D eigenvalue weighted by atomic mass is 9.96. The van der Waals surface area contributed by atoms with Gasteiger partial charge in [0.05, 0.1) is 11.8 Å². The molecule has 2 amide bonds. The minimum absolute atomic E-state index is 0.0410. The monoisotopic (exact) mass is 312 g/mol. The van der Waals surface area contributed by atoms with Crippen LogP contribution in [0, 0.1) is 11.8 Å². The van der Waals surface area contributed by atoms with Gasteiger partial charge in [-0.1, -0.05) is 0 Å². The molecule has 2 rings (SSSR count). The number of hydrogen-bond acceptors (Lipinski definition) is 3. The molecule has 2 fully saturated rings. The molecule has 0 bridgehead atoms. The fourth-order valence-corrected chi connectivity index (χ4v) is 3.62. The highest BCUT2D eigenvalue weighted by atomic mass is 32.2. The van der Waals surface area contributed by atoms with E-state index in [1.165, 1.54) is 0 Å². The maximum atomic E-state index is 12.8. The number of amides is 2. The molecule has 9 heteroatoms. The second-order valence-electron chi connectivity index (χ2n) is 5.01. The van der Waals surface area contributed by atoms with Gasteiger partial charge < -0.3 is 15.3 Å². The van der Waals surface area contributed by atoms with Crippen LogP contribution in [0.25, 0.3) is 0 Å². The first-order chi connectivity index (χ1) is 9.29. The lowest BCUT2D eigenvalue weighted by Gasteiger charge is -2.20. The number of carbonyl (C=O) groups is 2. The summed E-state index contributed by atoms with van der Waals surface area (Å²) in [7, 11) is 0. The van der Waals surface area contributed by atoms with E-state index in [1.807, 2.05) is 0 Å². The highest BCUT2D eigenvalue weighted by Crippen LogP contribution is 2.37. The summed E-state index contributed by atoms with van der Waals surface area (Å²) in [5, 5.41) is 11.5. The molecule has 2 N–H and O–H groups in total. The summed E-state index contributed by atoms with van der Waals surface area (Å²) >= 11 is 1.67. The molecular weight excluding hydrogens is 297 g/mol. The number of likely N-dealkylation sites (tertiary alicyclic amines) is 1. The standard InChI is InChI=1S/C11H15F3N2O3S/c12-11(13,14)8-4-16(3-7(8)9(17)18)10(19)15-6-1-2-20-5-6/h6-8H,1-5H2,(H,15,19)(H,17,18)/t6?,7-,8-/m1/s1. The Kier molecular flexibility index (Phi) is 4.36. The molecule has 0 radical (unpaired) electrons. The Hall–Kier alpha value is -1.12. The summed E-state index contributed by atoms with van der Waals surface area (Å²) < 4.78 is 38.4. The van der Waals surface area contributed by atoms with Crippen molar-refractivity contribution in [3.05, 3.63) is 0 Å². The summed E-state index contributed by atoms with van der Waals surface area (Å²) in [5.74, 6) is -3.44. The third-order valence-corrected chi connectivity index (χ3v) is 4.76. The van der Waals surface area contributed by atoms with E-state index in [0.717, 1.165) is 22.8 Å². The minimum Gasteiger partial charge on any atom is -0.481 e. The van der Waals surface area contributed by atoms with Gasteiger partial charge in [0.15, 0.2) is 0 Å². The van der Waals surface area contributed by atoms with Gasteiger partial charge in [0, 0.05) is 24.9 Å². The third-order valence-electron chi connectivity index (χ3n) is 3.60. The molecule has 20 heavy (non-hydrogen) atoms. The predicted octanol–water partition coefficient (Wildman–Crippen LogP) is 1.40. The van der Waals surface area contributed by atoms with Crippen LogP contribution in [0.15, 0.2) is 0 Å². The van der Waals surface area contributed by atoms with Gasteiger partial charge >= 0.3 is 18.2 Å². The maximum Gasteiger partial charge on any atom is 0.394 e. The number of urea groups is 1. The lowest BCUT2D eigenvalue weighted by Crippen LogP contribution is -2.44. The smallest absolute Gasteiger partial charge is 0.394 e. The first-order valence-corrected chi connectivity index (χ1v) is 7.37. The van der Waals surface area contributed by atoms with Crippen molar-refractivity contribution in [3.63, 3.8) is 0 Å². The van der Waals surface area contributed by atoms with Gasteiger partial charge in [0.25, 0.3) is 0 Å². The first kappa shape index (κ1) is 15.3. The van der Waals surface area contributed by atoms with E-state index in [4.69, 9.17) is 5.11 Å². The van der Waals surface area contributed by atoms with Gasteiger partial charge in [-0.05, 0) is 12.2 Å². The zero-order valence-electron chi connectivity index (χ0n) is 10.5. The van der Waals surface area contributed by atoms with Crippen LogP contribution < -0.4 is 5.32 Å². The van der Waals surface area contributed by atoms with E-state index >= 15 is 0 Å². The summed E-state index contributed by atoms with van der Waals surface area (Å²) in [5.41, 5.74) is 0. The molecule has 0 aromatic rings. The van der Waals surface area contributed by atoms with Gasteiger partial charge in [0.2, 0.25) is 0 Å². The number of carboxylic acid groups (broad SMARTS) is 1. The zero-order chi connectivity index (χ0) is 14.9. The van der Waals surface area contributed by atoms with Crippen molar-refractivity contribution in [2.45, 2.75) is 18.6 Å². The second kappa shape index (κ2) is 5.71. The van der Waals surface area contributed by atoms with Crippen LogP contribution in [0.1, 0.15) is 6.42 Å². The molecule has 2 saturated heterocycles. The minimum atomic E-state index is -4.61. The summed E-state index contributed by atoms with van der Waals surface area (Å²) in [6.07, 6.45) is -3.82. The molecule has 3 atom stereocenters. The third kappa shape index (κ3) is 3.31. The number of nitrogens with zero attached hydrogens (tertiary/aromatic N) is 1. The largest absolute Gasteiger partial charge is 0.481 e. The van der Waals surface area contributed by atoms with Crippen molar-refractivity contribution in [3.8, 4) is 0 Å². The number of carbonyl (C=O) groups excluding carboxylic acids is 1. The molecule has 114 valence electrons. The van der Waals surface area contributed by atoms with Crippen molar-refractivity contribution in [2.75, 3.05) is 24.6 Å². The molecule has 0 aromatic heterocycles. The van der Waals surface area contributed by atoms with E-state index in [-0.39, 0.29) is 6.04 Å². The Labute approximate surface area is 117 Å². The van der Waals surface area contributed by atoms with Crippen molar-refractivity contribution in [1.29, 1.82) is 0 Å². The topological polar surface area (TPSA) is 69.6 Å². The summed E-state index contributed by atoms with van der Waals surface area (Å²) in [6.45, 7) is -0.989. The molecule has 2 heterocycles. The van der Waals surface area contributed by atoms with Crippen molar-refractivity contribution >= 4 is 23.8 Å². The zero-order valence-corrected chi connectivity index (χ0v) is 11.3. The molecule has 1 unspecified atom stereocenters. The summed E-state index contributed by atoms with van der Waals surface area (Å²) in [6, 6.07) is -0.642. The Morgan fingerprint density at radius 1 is 1.30 bits per heavy atom. The van der Waals surface area contributed by atoms with E-state index in [0.29, 0.717) is 0 Å². The van der Waals surface area contributed by atoms with Crippen LogP contribution >= 0.6 is 11.8 Å². The first-order valence-electron chi connectivity index (χ1n) is 6.21. The molecule has 0 aliphatic carbocycles. The van der Waals surface area contributed by atoms with Crippen LogP contribution in [0.3, 0.4) is 0 Å². The Morgan fingerprint density at radius 2 is 2.00 bits per heavy atom. The van der Waals surface area contributed by atoms with Crippen molar-refractivity contribution in [2.24, 2.45) is 11.8 Å². The van der Waals surface area contributed by atoms with Gasteiger partial charge in [-0.15, -0.1) is 0 Å². The average molecular weight is 312 g/mol. The lowest BCUT2D eigenvalue weighted by molar-refractivity contribution is -0.187. The molecule has 5 nitrogen and oxygen atoms in total. The van der Waals surface area contributed by atoms with Crippen LogP contribution in [0.2, 0.25) is 0 Å². The number of hydrogen-bond donors (Lipinski definition) is 2. The van der Waals surface area contributed by atoms with Gasteiger partial charge in [-0.25, -0.2) is 4.79 Å². The highest BCUT2D eigenvalue weighted by molar-refractivity contribution is 7.99. The SMILES string of the molecule is O=C(O)[C@@H]1CN(C(=O)NC2CCSC2)C[C@H]1C(F)(F)F. The average Bonchev–Trinajstić information content (AvgIpc) is 2.95. The second-order valence-corrected chi connectivity index (χ2v) is 6.16. The molecule has 0 saturated carbocycles. The summed E-state index contributed by atoms with van der Waals surface area (Å²) in [4.78, 5) is 23.8. The quantitative estimate of drug-likeness (QED) is 0.808. The number of thioether (sulfide) groups is 1.